The lowest BCUT2D eigenvalue weighted by Gasteiger charge is -2.18. The predicted octanol–water partition coefficient (Wildman–Crippen LogP) is 2.44. The highest BCUT2D eigenvalue weighted by Gasteiger charge is 2.39. The molecule has 0 atom stereocenters. The minimum Gasteiger partial charge on any atom is -0.451 e. The van der Waals surface area contributed by atoms with E-state index in [0.717, 1.165) is 10.9 Å². The Bertz CT molecular complexity index is 1010. The molecule has 28 heavy (non-hydrogen) atoms. The Hall–Kier alpha value is -3.51. The average molecular weight is 382 g/mol. The Balaban J connectivity index is 2.38. The van der Waals surface area contributed by atoms with Gasteiger partial charge >= 0.3 is 17.6 Å². The van der Waals surface area contributed by atoms with Gasteiger partial charge in [0, 0.05) is 24.5 Å². The Morgan fingerprint density at radius 2 is 1.93 bits per heavy atom. The van der Waals surface area contributed by atoms with Gasteiger partial charge in [-0.1, -0.05) is 24.3 Å². The van der Waals surface area contributed by atoms with Crippen LogP contribution in [0.4, 0.5) is 0 Å². The van der Waals surface area contributed by atoms with Crippen LogP contribution in [-0.4, -0.2) is 50.4 Å². The Kier molecular flexibility index (Phi) is 5.96. The standard InChI is InChI=1S/C20H22N4O4/c1-6-11-24-14-10-8-7-9-13(14)12-15(24)17(25)23(5)18(26)16(22-21)19(27)28-20(2,3)4/h6-10,12H,1,11H2,2-5H3. The molecule has 8 nitrogen and oxygen atoms in total. The highest BCUT2D eigenvalue weighted by molar-refractivity contribution is 6.62. The van der Waals surface area contributed by atoms with Crippen molar-refractivity contribution in [1.82, 2.24) is 9.47 Å². The molecule has 0 bridgehead atoms. The van der Waals surface area contributed by atoms with E-state index < -0.39 is 29.1 Å². The monoisotopic (exact) mass is 382 g/mol. The topological polar surface area (TPSA) is 105 Å². The quantitative estimate of drug-likeness (QED) is 0.198. The second-order valence-corrected chi connectivity index (χ2v) is 7.11. The maximum absolute atomic E-state index is 12.9. The Morgan fingerprint density at radius 1 is 1.29 bits per heavy atom. The van der Waals surface area contributed by atoms with Crippen molar-refractivity contribution in [2.45, 2.75) is 32.9 Å². The number of imide groups is 1. The van der Waals surface area contributed by atoms with Gasteiger partial charge < -0.3 is 14.8 Å². The van der Waals surface area contributed by atoms with Crippen LogP contribution >= 0.6 is 0 Å². The van der Waals surface area contributed by atoms with Gasteiger partial charge in [0.25, 0.3) is 5.91 Å². The number of aromatic nitrogens is 1. The van der Waals surface area contributed by atoms with Crippen LogP contribution in [0.3, 0.4) is 0 Å². The van der Waals surface area contributed by atoms with Crippen molar-refractivity contribution < 1.29 is 23.9 Å². The lowest BCUT2D eigenvalue weighted by Crippen LogP contribution is -2.44. The van der Waals surface area contributed by atoms with Crippen LogP contribution in [0.15, 0.2) is 43.0 Å². The highest BCUT2D eigenvalue weighted by atomic mass is 16.6. The molecule has 0 saturated carbocycles. The Labute approximate surface area is 162 Å². The fourth-order valence-corrected chi connectivity index (χ4v) is 2.63. The van der Waals surface area contributed by atoms with Gasteiger partial charge in [-0.25, -0.2) is 4.79 Å². The number of benzene rings is 1. The number of nitrogens with zero attached hydrogens (tertiary/aromatic N) is 4. The maximum atomic E-state index is 12.9. The molecule has 8 heteroatoms. The predicted molar refractivity (Wildman–Crippen MR) is 104 cm³/mol. The first-order valence-electron chi connectivity index (χ1n) is 8.57. The number of fused-ring (bicyclic) bond motifs is 1. The number of carbonyl (C=O) groups excluding carboxylic acids is 3. The summed E-state index contributed by atoms with van der Waals surface area (Å²) < 4.78 is 6.76. The van der Waals surface area contributed by atoms with Crippen molar-refractivity contribution in [3.05, 3.63) is 54.2 Å². The number of para-hydroxylation sites is 1. The molecule has 0 spiro atoms. The number of esters is 1. The molecule has 0 aliphatic carbocycles. The zero-order chi connectivity index (χ0) is 21.1. The van der Waals surface area contributed by atoms with E-state index >= 15 is 0 Å². The van der Waals surface area contributed by atoms with Crippen molar-refractivity contribution in [2.24, 2.45) is 0 Å². The van der Waals surface area contributed by atoms with Crippen LogP contribution in [0, 0.1) is 0 Å². The molecule has 1 heterocycles. The fraction of sp³-hybridized carbons (Fsp3) is 0.300. The van der Waals surface area contributed by atoms with Gasteiger partial charge in [0.05, 0.1) is 0 Å². The van der Waals surface area contributed by atoms with Gasteiger partial charge in [-0.15, -0.1) is 6.58 Å². The molecule has 0 radical (unpaired) electrons. The van der Waals surface area contributed by atoms with Crippen molar-refractivity contribution in [3.8, 4) is 0 Å². The molecule has 0 unspecified atom stereocenters. The minimum atomic E-state index is -1.12. The summed E-state index contributed by atoms with van der Waals surface area (Å²) >= 11 is 0. The summed E-state index contributed by atoms with van der Waals surface area (Å²) in [5.74, 6) is -2.85. The first-order chi connectivity index (χ1) is 13.1. The highest BCUT2D eigenvalue weighted by Crippen LogP contribution is 2.21. The molecule has 0 N–H and O–H groups in total. The van der Waals surface area contributed by atoms with E-state index in [1.165, 1.54) is 7.05 Å². The molecule has 146 valence electrons. The Morgan fingerprint density at radius 3 is 2.50 bits per heavy atom. The summed E-state index contributed by atoms with van der Waals surface area (Å²) in [5, 5.41) is 0.816. The second-order valence-electron chi connectivity index (χ2n) is 7.11. The van der Waals surface area contributed by atoms with E-state index in [1.54, 1.807) is 37.5 Å². The summed E-state index contributed by atoms with van der Waals surface area (Å²) in [6.45, 7) is 8.86. The second kappa shape index (κ2) is 8.02. The van der Waals surface area contributed by atoms with Crippen molar-refractivity contribution >= 4 is 34.4 Å². The van der Waals surface area contributed by atoms with E-state index in [9.17, 15) is 14.4 Å². The molecular weight excluding hydrogens is 360 g/mol. The van der Waals surface area contributed by atoms with E-state index in [2.05, 4.69) is 11.4 Å². The fourth-order valence-electron chi connectivity index (χ4n) is 2.63. The summed E-state index contributed by atoms with van der Waals surface area (Å²) in [7, 11) is 1.20. The van der Waals surface area contributed by atoms with E-state index in [4.69, 9.17) is 10.3 Å². The van der Waals surface area contributed by atoms with Crippen LogP contribution in [0.2, 0.25) is 0 Å². The summed E-state index contributed by atoms with van der Waals surface area (Å²) in [6, 6.07) is 9.01. The van der Waals surface area contributed by atoms with Gasteiger partial charge in [-0.05, 0) is 32.9 Å². The maximum Gasteiger partial charge on any atom is 0.463 e. The van der Waals surface area contributed by atoms with Gasteiger partial charge in [0.1, 0.15) is 11.3 Å². The molecule has 0 saturated heterocycles. The minimum absolute atomic E-state index is 0.235. The first-order valence-corrected chi connectivity index (χ1v) is 8.57. The van der Waals surface area contributed by atoms with Crippen LogP contribution < -0.4 is 0 Å². The first kappa shape index (κ1) is 20.8. The number of rotatable bonds is 5. The smallest absolute Gasteiger partial charge is 0.451 e. The van der Waals surface area contributed by atoms with Gasteiger partial charge in [0.2, 0.25) is 0 Å². The third-order valence-corrected chi connectivity index (χ3v) is 3.85. The lowest BCUT2D eigenvalue weighted by molar-refractivity contribution is -0.152. The normalized spacial score (nSPS) is 10.9. The molecule has 2 rings (SSSR count). The van der Waals surface area contributed by atoms with Gasteiger partial charge in [-0.2, -0.15) is 4.79 Å². The van der Waals surface area contributed by atoms with E-state index in [0.29, 0.717) is 11.4 Å². The van der Waals surface area contributed by atoms with Crippen LogP contribution in [-0.2, 0) is 20.9 Å². The molecule has 0 aliphatic rings. The van der Waals surface area contributed by atoms with Crippen molar-refractivity contribution in [3.63, 3.8) is 0 Å². The third-order valence-electron chi connectivity index (χ3n) is 3.85. The van der Waals surface area contributed by atoms with E-state index in [-0.39, 0.29) is 5.69 Å². The number of hydrogen-bond acceptors (Lipinski definition) is 4. The number of allylic oxidation sites excluding steroid dienone is 1. The molecule has 1 aromatic carbocycles. The molecular formula is C20H22N4O4. The van der Waals surface area contributed by atoms with E-state index in [1.807, 2.05) is 24.3 Å². The number of hydrogen-bond donors (Lipinski definition) is 0. The number of amides is 2. The zero-order valence-electron chi connectivity index (χ0n) is 16.3. The summed E-state index contributed by atoms with van der Waals surface area (Å²) in [6.07, 6.45) is 1.63. The van der Waals surface area contributed by atoms with Crippen LogP contribution in [0.25, 0.3) is 16.4 Å². The summed E-state index contributed by atoms with van der Waals surface area (Å²) in [5.41, 5.74) is 8.39. The third kappa shape index (κ3) is 4.24. The number of ether oxygens (including phenoxy) is 1. The summed E-state index contributed by atoms with van der Waals surface area (Å²) in [4.78, 5) is 41.1. The van der Waals surface area contributed by atoms with Crippen molar-refractivity contribution in [1.29, 1.82) is 0 Å². The zero-order valence-corrected chi connectivity index (χ0v) is 16.3. The van der Waals surface area contributed by atoms with Crippen LogP contribution in [0.1, 0.15) is 31.3 Å². The van der Waals surface area contributed by atoms with Crippen LogP contribution in [0.5, 0.6) is 0 Å². The molecule has 2 aromatic rings. The molecule has 0 aliphatic heterocycles. The SMILES string of the molecule is C=CCn1c(C(=O)N(C)C(=O)C(=[N+]=[N-])C(=O)OC(C)(C)C)cc2ccccc21. The lowest BCUT2D eigenvalue weighted by atomic mass is 10.2. The molecule has 0 fully saturated rings. The molecule has 1 aromatic heterocycles. The number of carbonyl (C=O) groups is 3. The van der Waals surface area contributed by atoms with Gasteiger partial charge in [-0.3, -0.25) is 14.5 Å². The van der Waals surface area contributed by atoms with Gasteiger partial charge in [0.15, 0.2) is 0 Å². The molecule has 2 amide bonds. The average Bonchev–Trinajstić information content (AvgIpc) is 2.98. The van der Waals surface area contributed by atoms with Crippen molar-refractivity contribution in [2.75, 3.05) is 7.05 Å². The largest absolute Gasteiger partial charge is 0.463 e.